The molecule has 4 atom stereocenters. The van der Waals surface area contributed by atoms with E-state index in [4.69, 9.17) is 16.3 Å². The van der Waals surface area contributed by atoms with Gasteiger partial charge in [-0.3, -0.25) is 4.79 Å². The average molecular weight is 501 g/mol. The highest BCUT2D eigenvalue weighted by molar-refractivity contribution is 6.31. The average Bonchev–Trinajstić information content (AvgIpc) is 3.34. The molecule has 5 heteroatoms. The van der Waals surface area contributed by atoms with Crippen molar-refractivity contribution in [3.05, 3.63) is 100 Å². The molecular formula is C31H33ClN2O2. The van der Waals surface area contributed by atoms with Crippen LogP contribution in [-0.4, -0.2) is 37.0 Å². The summed E-state index contributed by atoms with van der Waals surface area (Å²) in [5.74, 6) is 1.44. The van der Waals surface area contributed by atoms with Gasteiger partial charge in [0.2, 0.25) is 5.91 Å². The molecule has 3 aromatic carbocycles. The maximum atomic E-state index is 14.5. The van der Waals surface area contributed by atoms with Crippen molar-refractivity contribution in [1.82, 2.24) is 10.2 Å². The quantitative estimate of drug-likeness (QED) is 0.477. The fraction of sp³-hybridized carbons (Fsp3) is 0.387. The number of benzene rings is 3. The molecule has 1 spiro atoms. The van der Waals surface area contributed by atoms with Gasteiger partial charge >= 0.3 is 0 Å². The van der Waals surface area contributed by atoms with Crippen molar-refractivity contribution in [2.45, 2.75) is 43.6 Å². The van der Waals surface area contributed by atoms with E-state index in [1.165, 1.54) is 11.1 Å². The van der Waals surface area contributed by atoms with Crippen LogP contribution in [-0.2, 0) is 10.2 Å². The number of likely N-dealkylation sites (tertiary alicyclic amines) is 1. The summed E-state index contributed by atoms with van der Waals surface area (Å²) >= 11 is 6.59. The zero-order valence-electron chi connectivity index (χ0n) is 20.8. The fourth-order valence-electron chi connectivity index (χ4n) is 6.72. The van der Waals surface area contributed by atoms with Crippen LogP contribution in [0, 0.1) is 12.8 Å². The number of carbonyl (C=O) groups is 1. The van der Waals surface area contributed by atoms with Gasteiger partial charge in [-0.2, -0.15) is 0 Å². The summed E-state index contributed by atoms with van der Waals surface area (Å²) in [6.07, 6.45) is 2.74. The van der Waals surface area contributed by atoms with Gasteiger partial charge in [0.1, 0.15) is 5.75 Å². The van der Waals surface area contributed by atoms with E-state index in [0.29, 0.717) is 19.1 Å². The van der Waals surface area contributed by atoms with Gasteiger partial charge in [0.05, 0.1) is 18.6 Å². The third kappa shape index (κ3) is 4.01. The Bertz CT molecular complexity index is 1250. The van der Waals surface area contributed by atoms with Gasteiger partial charge in [0, 0.05) is 35.6 Å². The van der Waals surface area contributed by atoms with Gasteiger partial charge < -0.3 is 15.0 Å². The van der Waals surface area contributed by atoms with E-state index in [9.17, 15) is 4.79 Å². The van der Waals surface area contributed by atoms with Crippen molar-refractivity contribution < 1.29 is 9.53 Å². The summed E-state index contributed by atoms with van der Waals surface area (Å²) in [6.45, 7) is 4.85. The molecule has 0 saturated carbocycles. The van der Waals surface area contributed by atoms with Crippen molar-refractivity contribution in [3.8, 4) is 5.75 Å². The van der Waals surface area contributed by atoms with E-state index >= 15 is 0 Å². The second kappa shape index (κ2) is 9.57. The van der Waals surface area contributed by atoms with Crippen LogP contribution in [0.25, 0.3) is 0 Å². The highest BCUT2D eigenvalue weighted by Gasteiger charge is 2.53. The molecule has 4 nitrogen and oxygen atoms in total. The Balaban J connectivity index is 1.35. The summed E-state index contributed by atoms with van der Waals surface area (Å²) in [6, 6.07) is 25.5. The molecule has 3 aliphatic heterocycles. The second-order valence-corrected chi connectivity index (χ2v) is 11.0. The first-order valence-corrected chi connectivity index (χ1v) is 13.5. The smallest absolute Gasteiger partial charge is 0.228 e. The summed E-state index contributed by atoms with van der Waals surface area (Å²) in [5.41, 5.74) is 4.39. The van der Waals surface area contributed by atoms with E-state index < -0.39 is 0 Å². The van der Waals surface area contributed by atoms with Crippen LogP contribution >= 0.6 is 11.6 Å². The lowest BCUT2D eigenvalue weighted by Crippen LogP contribution is -2.50. The lowest BCUT2D eigenvalue weighted by molar-refractivity contribution is -0.141. The Morgan fingerprint density at radius 2 is 1.78 bits per heavy atom. The number of carbonyl (C=O) groups excluding carboxylic acids is 1. The number of nitrogens with one attached hydrogen (secondary N) is 1. The maximum absolute atomic E-state index is 14.5. The molecule has 186 valence electrons. The number of nitrogens with zero attached hydrogens (tertiary/aromatic N) is 1. The SMILES string of the molecule is Cc1cc2c(cc1Cl)[C@]1(CCO2)CNC[C@H]1C(=O)N1CC[C@@H](c2ccccc2)C[C@H]1c1ccccc1. The number of piperidine rings is 1. The van der Waals surface area contributed by atoms with Crippen LogP contribution in [0.3, 0.4) is 0 Å². The highest BCUT2D eigenvalue weighted by Crippen LogP contribution is 2.49. The van der Waals surface area contributed by atoms with Crippen LogP contribution in [0.1, 0.15) is 53.5 Å². The molecule has 0 aliphatic carbocycles. The number of rotatable bonds is 3. The van der Waals surface area contributed by atoms with Crippen LogP contribution in [0.2, 0.25) is 5.02 Å². The number of ether oxygens (including phenoxy) is 1. The zero-order chi connectivity index (χ0) is 24.7. The first-order chi connectivity index (χ1) is 17.6. The molecule has 3 aliphatic rings. The van der Waals surface area contributed by atoms with Gasteiger partial charge in [0.25, 0.3) is 0 Å². The fourth-order valence-corrected chi connectivity index (χ4v) is 6.88. The summed E-state index contributed by atoms with van der Waals surface area (Å²) in [4.78, 5) is 16.7. The molecular weight excluding hydrogens is 468 g/mol. The van der Waals surface area contributed by atoms with Crippen molar-refractivity contribution in [2.75, 3.05) is 26.2 Å². The predicted molar refractivity (Wildman–Crippen MR) is 144 cm³/mol. The number of fused-ring (bicyclic) bond motifs is 2. The molecule has 3 heterocycles. The van der Waals surface area contributed by atoms with Crippen LogP contribution in [0.5, 0.6) is 5.75 Å². The summed E-state index contributed by atoms with van der Waals surface area (Å²) in [5, 5.41) is 4.31. The normalized spacial score (nSPS) is 27.5. The van der Waals surface area contributed by atoms with E-state index in [1.807, 2.05) is 19.1 Å². The van der Waals surface area contributed by atoms with E-state index in [-0.39, 0.29) is 23.3 Å². The van der Waals surface area contributed by atoms with Crippen molar-refractivity contribution in [2.24, 2.45) is 5.92 Å². The van der Waals surface area contributed by atoms with Crippen LogP contribution in [0.15, 0.2) is 72.8 Å². The molecule has 3 aromatic rings. The van der Waals surface area contributed by atoms with Crippen LogP contribution in [0.4, 0.5) is 0 Å². The minimum atomic E-state index is -0.292. The summed E-state index contributed by atoms with van der Waals surface area (Å²) < 4.78 is 6.06. The minimum Gasteiger partial charge on any atom is -0.493 e. The number of hydrogen-bond donors (Lipinski definition) is 1. The van der Waals surface area contributed by atoms with Crippen molar-refractivity contribution >= 4 is 17.5 Å². The lowest BCUT2D eigenvalue weighted by atomic mass is 9.68. The highest BCUT2D eigenvalue weighted by atomic mass is 35.5. The number of hydrogen-bond acceptors (Lipinski definition) is 3. The monoisotopic (exact) mass is 500 g/mol. The predicted octanol–water partition coefficient (Wildman–Crippen LogP) is 6.04. The zero-order valence-corrected chi connectivity index (χ0v) is 21.5. The molecule has 36 heavy (non-hydrogen) atoms. The van der Waals surface area contributed by atoms with E-state index in [1.54, 1.807) is 0 Å². The van der Waals surface area contributed by atoms with Crippen LogP contribution < -0.4 is 10.1 Å². The molecule has 0 aromatic heterocycles. The standard InChI is InChI=1S/C31H33ClN2O2/c1-21-16-29-25(18-27(21)32)31(13-15-36-29)20-33-19-26(31)30(35)34-14-12-24(22-8-4-2-5-9-22)17-28(34)23-10-6-3-7-11-23/h2-11,16,18,24,26,28,33H,12-15,17,19-20H2,1H3/t24-,26+,28+,31+/m1/s1. The molecule has 2 fully saturated rings. The first kappa shape index (κ1) is 23.6. The van der Waals surface area contributed by atoms with Crippen molar-refractivity contribution in [3.63, 3.8) is 0 Å². The Morgan fingerprint density at radius 1 is 1.06 bits per heavy atom. The maximum Gasteiger partial charge on any atom is 0.228 e. The molecule has 1 N–H and O–H groups in total. The van der Waals surface area contributed by atoms with Gasteiger partial charge in [-0.25, -0.2) is 0 Å². The molecule has 2 saturated heterocycles. The Labute approximate surface area is 218 Å². The number of aryl methyl sites for hydroxylation is 1. The van der Waals surface area contributed by atoms with E-state index in [0.717, 1.165) is 54.3 Å². The van der Waals surface area contributed by atoms with Gasteiger partial charge in [-0.05, 0) is 60.9 Å². The Hall–Kier alpha value is -2.82. The van der Waals surface area contributed by atoms with Gasteiger partial charge in [0.15, 0.2) is 0 Å². The number of amides is 1. The Kier molecular flexibility index (Phi) is 6.27. The summed E-state index contributed by atoms with van der Waals surface area (Å²) in [7, 11) is 0. The second-order valence-electron chi connectivity index (χ2n) is 10.6. The number of halogens is 1. The first-order valence-electron chi connectivity index (χ1n) is 13.1. The van der Waals surface area contributed by atoms with Gasteiger partial charge in [-0.1, -0.05) is 72.3 Å². The van der Waals surface area contributed by atoms with Crippen molar-refractivity contribution in [1.29, 1.82) is 0 Å². The minimum absolute atomic E-state index is 0.0659. The van der Waals surface area contributed by atoms with E-state index in [2.05, 4.69) is 70.9 Å². The molecule has 1 amide bonds. The lowest BCUT2D eigenvalue weighted by Gasteiger charge is -2.45. The third-order valence-electron chi connectivity index (χ3n) is 8.70. The Morgan fingerprint density at radius 3 is 2.53 bits per heavy atom. The topological polar surface area (TPSA) is 41.6 Å². The van der Waals surface area contributed by atoms with Gasteiger partial charge in [-0.15, -0.1) is 0 Å². The molecule has 0 bridgehead atoms. The largest absolute Gasteiger partial charge is 0.493 e. The molecule has 6 rings (SSSR count). The molecule has 0 radical (unpaired) electrons. The molecule has 0 unspecified atom stereocenters. The third-order valence-corrected chi connectivity index (χ3v) is 9.11.